The number of esters is 1. The van der Waals surface area contributed by atoms with Crippen molar-refractivity contribution < 1.29 is 24.2 Å². The molecule has 8 heteroatoms. The number of aliphatic hydroxyl groups is 1. The smallest absolute Gasteiger partial charge is 0.330 e. The van der Waals surface area contributed by atoms with Crippen LogP contribution in [0.1, 0.15) is 34.1 Å². The van der Waals surface area contributed by atoms with E-state index in [2.05, 4.69) is 5.32 Å². The molecule has 7 atom stereocenters. The van der Waals surface area contributed by atoms with Crippen LogP contribution in [0.3, 0.4) is 0 Å². The van der Waals surface area contributed by atoms with Crippen LogP contribution < -0.4 is 5.32 Å². The molecule has 0 bridgehead atoms. The number of amides is 2. The number of carbonyl (C=O) groups is 3. The van der Waals surface area contributed by atoms with E-state index in [0.717, 1.165) is 6.42 Å². The highest BCUT2D eigenvalue weighted by Crippen LogP contribution is 2.50. The second kappa shape index (κ2) is 7.38. The largest absolute Gasteiger partial charge is 0.464 e. The van der Waals surface area contributed by atoms with Gasteiger partial charge in [-0.25, -0.2) is 4.79 Å². The van der Waals surface area contributed by atoms with Crippen LogP contribution in [0.15, 0.2) is 0 Å². The number of ether oxygens (including phenoxy) is 1. The van der Waals surface area contributed by atoms with Gasteiger partial charge in [0.15, 0.2) is 0 Å². The number of hydrogen-bond donors (Lipinski definition) is 2. The summed E-state index contributed by atoms with van der Waals surface area (Å²) in [7, 11) is 0. The molecule has 0 radical (unpaired) electrons. The zero-order valence-corrected chi connectivity index (χ0v) is 16.5. The van der Waals surface area contributed by atoms with Crippen molar-refractivity contribution in [3.63, 3.8) is 0 Å². The van der Waals surface area contributed by atoms with Crippen molar-refractivity contribution in [1.82, 2.24) is 10.2 Å². The lowest BCUT2D eigenvalue weighted by Crippen LogP contribution is -2.65. The summed E-state index contributed by atoms with van der Waals surface area (Å²) >= 11 is 1.48. The number of aliphatic hydroxyl groups excluding tert-OH is 1. The molecular weight excluding hydrogens is 356 g/mol. The molecular formula is C18H28N2O5S. The van der Waals surface area contributed by atoms with E-state index in [9.17, 15) is 19.5 Å². The fraction of sp³-hybridized carbons (Fsp3) is 0.833. The molecule has 0 spiro atoms. The van der Waals surface area contributed by atoms with E-state index in [0.29, 0.717) is 13.2 Å². The Morgan fingerprint density at radius 3 is 2.62 bits per heavy atom. The number of hydrogen-bond acceptors (Lipinski definition) is 6. The van der Waals surface area contributed by atoms with Crippen LogP contribution in [0.25, 0.3) is 0 Å². The molecule has 0 aromatic rings. The van der Waals surface area contributed by atoms with Gasteiger partial charge in [0.25, 0.3) is 0 Å². The Morgan fingerprint density at radius 2 is 2.08 bits per heavy atom. The minimum absolute atomic E-state index is 0.00213. The topological polar surface area (TPSA) is 95.9 Å². The molecule has 0 aliphatic carbocycles. The van der Waals surface area contributed by atoms with E-state index in [1.807, 2.05) is 20.8 Å². The van der Waals surface area contributed by atoms with E-state index in [1.54, 1.807) is 11.8 Å². The molecule has 3 saturated heterocycles. The van der Waals surface area contributed by atoms with E-state index in [1.165, 1.54) is 11.8 Å². The predicted molar refractivity (Wildman–Crippen MR) is 97.3 cm³/mol. The second-order valence-electron chi connectivity index (χ2n) is 8.00. The molecule has 3 rings (SSSR count). The molecule has 2 amide bonds. The van der Waals surface area contributed by atoms with Gasteiger partial charge in [-0.1, -0.05) is 20.8 Å². The fourth-order valence-corrected chi connectivity index (χ4v) is 5.90. The van der Waals surface area contributed by atoms with Gasteiger partial charge < -0.3 is 20.1 Å². The van der Waals surface area contributed by atoms with E-state index < -0.39 is 24.0 Å². The molecule has 2 N–H and O–H groups in total. The lowest BCUT2D eigenvalue weighted by molar-refractivity contribution is -0.173. The lowest BCUT2D eigenvalue weighted by Gasteiger charge is -2.47. The molecule has 3 fully saturated rings. The first-order chi connectivity index (χ1) is 12.2. The Balaban J connectivity index is 1.82. The monoisotopic (exact) mass is 384 g/mol. The van der Waals surface area contributed by atoms with Gasteiger partial charge in [0, 0.05) is 11.8 Å². The summed E-state index contributed by atoms with van der Waals surface area (Å²) in [5.74, 6) is -0.874. The van der Waals surface area contributed by atoms with Crippen LogP contribution in [-0.4, -0.2) is 69.6 Å². The molecule has 3 aliphatic heterocycles. The van der Waals surface area contributed by atoms with Crippen molar-refractivity contribution in [2.75, 3.05) is 13.2 Å². The lowest BCUT2D eigenvalue weighted by atomic mass is 9.79. The first kappa shape index (κ1) is 19.5. The Hall–Kier alpha value is -1.28. The van der Waals surface area contributed by atoms with Crippen molar-refractivity contribution in [1.29, 1.82) is 0 Å². The second-order valence-corrected chi connectivity index (χ2v) is 9.38. The SMILES string of the molecule is CC(C)COC(=O)C1C(SC2CCNC2=O)C(C)C2C(C(C)O)C(=O)N12. The van der Waals surface area contributed by atoms with Gasteiger partial charge in [-0.2, -0.15) is 0 Å². The number of thioether (sulfide) groups is 1. The number of β-lactam (4-membered cyclic amide) rings is 1. The summed E-state index contributed by atoms with van der Waals surface area (Å²) < 4.78 is 5.44. The van der Waals surface area contributed by atoms with E-state index >= 15 is 0 Å². The van der Waals surface area contributed by atoms with Crippen LogP contribution in [0, 0.1) is 17.8 Å². The first-order valence-electron chi connectivity index (χ1n) is 9.34. The standard InChI is InChI=1S/C18H28N2O5S/c1-8(2)7-25-18(24)14-15(26-11-5-6-19-16(11)22)9(3)13-12(10(4)21)17(23)20(13)14/h8-15,21H,5-7H2,1-4H3,(H,19,22). The summed E-state index contributed by atoms with van der Waals surface area (Å²) in [6.45, 7) is 8.48. The average Bonchev–Trinajstić information content (AvgIpc) is 3.06. The Morgan fingerprint density at radius 1 is 1.38 bits per heavy atom. The Bertz CT molecular complexity index is 596. The van der Waals surface area contributed by atoms with Crippen molar-refractivity contribution in [2.45, 2.75) is 62.8 Å². The number of fused-ring (bicyclic) bond motifs is 1. The molecule has 0 aromatic heterocycles. The zero-order valence-electron chi connectivity index (χ0n) is 15.7. The summed E-state index contributed by atoms with van der Waals surface area (Å²) in [5, 5.41) is 12.4. The van der Waals surface area contributed by atoms with E-state index in [-0.39, 0.29) is 40.2 Å². The summed E-state index contributed by atoms with van der Waals surface area (Å²) in [6.07, 6.45) is -0.0316. The van der Waals surface area contributed by atoms with Crippen molar-refractivity contribution in [3.05, 3.63) is 0 Å². The van der Waals surface area contributed by atoms with Gasteiger partial charge >= 0.3 is 5.97 Å². The predicted octanol–water partition coefficient (Wildman–Crippen LogP) is 0.402. The Kier molecular flexibility index (Phi) is 5.53. The van der Waals surface area contributed by atoms with E-state index in [4.69, 9.17) is 4.74 Å². The van der Waals surface area contributed by atoms with Crippen LogP contribution in [0.2, 0.25) is 0 Å². The summed E-state index contributed by atoms with van der Waals surface area (Å²) in [5.41, 5.74) is 0. The number of carbonyl (C=O) groups excluding carboxylic acids is 3. The highest BCUT2D eigenvalue weighted by Gasteiger charge is 2.65. The third-order valence-corrected chi connectivity index (χ3v) is 7.32. The highest BCUT2D eigenvalue weighted by atomic mass is 32.2. The first-order valence-corrected chi connectivity index (χ1v) is 10.3. The van der Waals surface area contributed by atoms with Crippen LogP contribution >= 0.6 is 11.8 Å². The van der Waals surface area contributed by atoms with Gasteiger partial charge in [-0.15, -0.1) is 11.8 Å². The van der Waals surface area contributed by atoms with Crippen LogP contribution in [-0.2, 0) is 19.1 Å². The minimum atomic E-state index is -0.753. The molecule has 0 saturated carbocycles. The van der Waals surface area contributed by atoms with Gasteiger partial charge in [0.05, 0.1) is 29.9 Å². The molecule has 7 nitrogen and oxygen atoms in total. The normalized spacial score (nSPS) is 37.4. The fourth-order valence-electron chi connectivity index (χ4n) is 4.26. The highest BCUT2D eigenvalue weighted by molar-refractivity contribution is 8.01. The van der Waals surface area contributed by atoms with Crippen molar-refractivity contribution >= 4 is 29.5 Å². The zero-order chi connectivity index (χ0) is 19.2. The molecule has 26 heavy (non-hydrogen) atoms. The van der Waals surface area contributed by atoms with Gasteiger partial charge in [0.1, 0.15) is 6.04 Å². The molecule has 0 aromatic carbocycles. The summed E-state index contributed by atoms with van der Waals surface area (Å²) in [4.78, 5) is 39.0. The molecule has 3 aliphatic rings. The maximum Gasteiger partial charge on any atom is 0.330 e. The van der Waals surface area contributed by atoms with Gasteiger partial charge in [-0.3, -0.25) is 9.59 Å². The van der Waals surface area contributed by atoms with Crippen LogP contribution in [0.4, 0.5) is 0 Å². The Labute approximate surface area is 158 Å². The molecule has 7 unspecified atom stereocenters. The number of rotatable bonds is 6. The van der Waals surface area contributed by atoms with Crippen molar-refractivity contribution in [3.8, 4) is 0 Å². The summed E-state index contributed by atoms with van der Waals surface area (Å²) in [6, 6.07) is -0.865. The number of nitrogens with one attached hydrogen (secondary N) is 1. The third-order valence-electron chi connectivity index (χ3n) is 5.54. The maximum atomic E-state index is 12.8. The minimum Gasteiger partial charge on any atom is -0.464 e. The number of nitrogens with zero attached hydrogens (tertiary/aromatic N) is 1. The van der Waals surface area contributed by atoms with Gasteiger partial charge in [-0.05, 0) is 25.2 Å². The maximum absolute atomic E-state index is 12.8. The average molecular weight is 384 g/mol. The van der Waals surface area contributed by atoms with Crippen LogP contribution in [0.5, 0.6) is 0 Å². The van der Waals surface area contributed by atoms with Gasteiger partial charge in [0.2, 0.25) is 11.8 Å². The molecule has 146 valence electrons. The molecule has 3 heterocycles. The third kappa shape index (κ3) is 3.22. The quantitative estimate of drug-likeness (QED) is 0.508. The van der Waals surface area contributed by atoms with Crippen molar-refractivity contribution in [2.24, 2.45) is 17.8 Å².